The van der Waals surface area contributed by atoms with Gasteiger partial charge in [0.1, 0.15) is 3.92 Å². The number of hydrogen-bond donors (Lipinski definition) is 1. The predicted octanol–water partition coefficient (Wildman–Crippen LogP) is 4.80. The second-order valence-electron chi connectivity index (χ2n) is 6.46. The summed E-state index contributed by atoms with van der Waals surface area (Å²) >= 11 is 1.91. The molecular formula is C15H21F6IO3. The van der Waals surface area contributed by atoms with E-state index in [0.29, 0.717) is 19.3 Å². The highest BCUT2D eigenvalue weighted by molar-refractivity contribution is 14.1. The minimum absolute atomic E-state index is 0.0225. The number of esters is 1. The lowest BCUT2D eigenvalue weighted by molar-refractivity contribution is -0.373. The number of alkyl halides is 7. The fourth-order valence-electron chi connectivity index (χ4n) is 3.01. The molecular weight excluding hydrogens is 469 g/mol. The van der Waals surface area contributed by atoms with E-state index in [1.807, 2.05) is 22.6 Å². The van der Waals surface area contributed by atoms with Gasteiger partial charge >= 0.3 is 18.3 Å². The molecule has 0 aliphatic heterocycles. The zero-order valence-electron chi connectivity index (χ0n) is 13.6. The van der Waals surface area contributed by atoms with Gasteiger partial charge in [-0.3, -0.25) is 4.79 Å². The number of ether oxygens (including phenoxy) is 1. The summed E-state index contributed by atoms with van der Waals surface area (Å²) in [7, 11) is 0. The van der Waals surface area contributed by atoms with Crippen LogP contribution in [0.1, 0.15) is 45.4 Å². The zero-order valence-corrected chi connectivity index (χ0v) is 15.7. The van der Waals surface area contributed by atoms with Gasteiger partial charge in [-0.15, -0.1) is 0 Å². The van der Waals surface area contributed by atoms with Crippen molar-refractivity contribution in [1.29, 1.82) is 0 Å². The second-order valence-corrected chi connectivity index (χ2v) is 7.97. The molecule has 1 rings (SSSR count). The lowest BCUT2D eigenvalue weighted by Gasteiger charge is -2.37. The van der Waals surface area contributed by atoms with E-state index in [2.05, 4.69) is 0 Å². The molecule has 25 heavy (non-hydrogen) atoms. The fourth-order valence-corrected chi connectivity index (χ4v) is 3.19. The van der Waals surface area contributed by atoms with E-state index in [1.54, 1.807) is 6.92 Å². The molecule has 1 fully saturated rings. The molecule has 0 radical (unpaired) electrons. The first-order chi connectivity index (χ1) is 11.3. The van der Waals surface area contributed by atoms with E-state index in [-0.39, 0.29) is 29.3 Å². The van der Waals surface area contributed by atoms with Crippen LogP contribution >= 0.6 is 22.6 Å². The summed E-state index contributed by atoms with van der Waals surface area (Å²) in [6.07, 6.45) is -11.2. The summed E-state index contributed by atoms with van der Waals surface area (Å²) in [6.45, 7) is 1.77. The predicted molar refractivity (Wildman–Crippen MR) is 86.2 cm³/mol. The van der Waals surface area contributed by atoms with Gasteiger partial charge in [-0.1, -0.05) is 42.4 Å². The molecule has 1 saturated carbocycles. The lowest BCUT2D eigenvalue weighted by atomic mass is 9.76. The Morgan fingerprint density at radius 3 is 2.16 bits per heavy atom. The van der Waals surface area contributed by atoms with E-state index < -0.39 is 36.3 Å². The molecule has 3 unspecified atom stereocenters. The highest BCUT2D eigenvalue weighted by Gasteiger charge is 2.70. The average molecular weight is 490 g/mol. The normalized spacial score (nSPS) is 24.0. The summed E-state index contributed by atoms with van der Waals surface area (Å²) in [4.78, 5) is 11.6. The highest BCUT2D eigenvalue weighted by Crippen LogP contribution is 2.48. The third-order valence-corrected chi connectivity index (χ3v) is 5.88. The first kappa shape index (κ1) is 22.8. The van der Waals surface area contributed by atoms with Gasteiger partial charge < -0.3 is 9.84 Å². The Bertz CT molecular complexity index is 438. The van der Waals surface area contributed by atoms with Crippen molar-refractivity contribution in [3.05, 3.63) is 0 Å². The molecule has 0 saturated heterocycles. The average Bonchev–Trinajstić information content (AvgIpc) is 2.49. The maximum absolute atomic E-state index is 12.8. The van der Waals surface area contributed by atoms with Crippen LogP contribution in [0.5, 0.6) is 0 Å². The van der Waals surface area contributed by atoms with Crippen molar-refractivity contribution in [2.75, 3.05) is 6.61 Å². The Balaban J connectivity index is 2.69. The van der Waals surface area contributed by atoms with Crippen LogP contribution in [-0.2, 0) is 9.53 Å². The van der Waals surface area contributed by atoms with Crippen LogP contribution in [0, 0.1) is 11.8 Å². The number of carbonyl (C=O) groups is 1. The van der Waals surface area contributed by atoms with Crippen molar-refractivity contribution in [1.82, 2.24) is 0 Å². The van der Waals surface area contributed by atoms with Gasteiger partial charge in [0.05, 0.1) is 6.61 Å². The molecule has 148 valence electrons. The molecule has 0 bridgehead atoms. The second kappa shape index (κ2) is 8.62. The minimum atomic E-state index is -5.79. The van der Waals surface area contributed by atoms with Crippen LogP contribution in [0.15, 0.2) is 0 Å². The Hall–Kier alpha value is -0.260. The van der Waals surface area contributed by atoms with Crippen molar-refractivity contribution < 1.29 is 41.0 Å². The molecule has 0 aromatic heterocycles. The van der Waals surface area contributed by atoms with Gasteiger partial charge in [0, 0.05) is 0 Å². The van der Waals surface area contributed by atoms with Crippen LogP contribution in [0.3, 0.4) is 0 Å². The van der Waals surface area contributed by atoms with Crippen molar-refractivity contribution in [2.45, 2.75) is 67.3 Å². The number of halogens is 7. The zero-order chi connectivity index (χ0) is 19.5. The maximum Gasteiger partial charge on any atom is 0.426 e. The SMILES string of the molecule is CCC(I)C(=O)OCC1CCCC(CC(O)(C(F)(F)F)C(F)(F)F)C1. The first-order valence-electron chi connectivity index (χ1n) is 7.98. The van der Waals surface area contributed by atoms with Crippen LogP contribution in [-0.4, -0.2) is 39.6 Å². The van der Waals surface area contributed by atoms with Crippen molar-refractivity contribution in [3.63, 3.8) is 0 Å². The lowest BCUT2D eigenvalue weighted by Crippen LogP contribution is -2.58. The molecule has 0 aromatic carbocycles. The van der Waals surface area contributed by atoms with Gasteiger partial charge in [-0.25, -0.2) is 0 Å². The standard InChI is InChI=1S/C15H21F6IO3/c1-2-11(22)12(23)25-8-10-5-3-4-9(6-10)7-13(24,14(16,17)18)15(19,20)21/h9-11,24H,2-8H2,1H3. The van der Waals surface area contributed by atoms with E-state index in [0.717, 1.165) is 0 Å². The Labute approximate surface area is 155 Å². The molecule has 3 atom stereocenters. The Kier molecular flexibility index (Phi) is 7.85. The summed E-state index contributed by atoms with van der Waals surface area (Å²) in [5.74, 6) is -1.67. The monoisotopic (exact) mass is 490 g/mol. The molecule has 10 heteroatoms. The molecule has 1 aliphatic carbocycles. The highest BCUT2D eigenvalue weighted by atomic mass is 127. The van der Waals surface area contributed by atoms with Crippen LogP contribution in [0.4, 0.5) is 26.3 Å². The molecule has 0 aromatic rings. The van der Waals surface area contributed by atoms with Gasteiger partial charge in [0.15, 0.2) is 0 Å². The summed E-state index contributed by atoms with van der Waals surface area (Å²) in [6, 6.07) is 0. The molecule has 0 amide bonds. The van der Waals surface area contributed by atoms with Crippen molar-refractivity contribution >= 4 is 28.6 Å². The molecule has 3 nitrogen and oxygen atoms in total. The van der Waals surface area contributed by atoms with Gasteiger partial charge in [-0.2, -0.15) is 26.3 Å². The fraction of sp³-hybridized carbons (Fsp3) is 0.933. The smallest absolute Gasteiger partial charge is 0.426 e. The van der Waals surface area contributed by atoms with Gasteiger partial charge in [0.2, 0.25) is 0 Å². The maximum atomic E-state index is 12.8. The van der Waals surface area contributed by atoms with E-state index in [1.165, 1.54) is 0 Å². The Morgan fingerprint density at radius 1 is 1.16 bits per heavy atom. The van der Waals surface area contributed by atoms with E-state index >= 15 is 0 Å². The largest absolute Gasteiger partial charge is 0.465 e. The molecule has 0 heterocycles. The minimum Gasteiger partial charge on any atom is -0.465 e. The quantitative estimate of drug-likeness (QED) is 0.252. The molecule has 1 aliphatic rings. The van der Waals surface area contributed by atoms with E-state index in [9.17, 15) is 36.2 Å². The van der Waals surface area contributed by atoms with Crippen LogP contribution < -0.4 is 0 Å². The summed E-state index contributed by atoms with van der Waals surface area (Å²) < 4.78 is 81.5. The van der Waals surface area contributed by atoms with Crippen LogP contribution in [0.2, 0.25) is 0 Å². The third kappa shape index (κ3) is 5.86. The van der Waals surface area contributed by atoms with E-state index in [4.69, 9.17) is 4.74 Å². The van der Waals surface area contributed by atoms with Crippen LogP contribution in [0.25, 0.3) is 0 Å². The van der Waals surface area contributed by atoms with Crippen molar-refractivity contribution in [2.24, 2.45) is 11.8 Å². The number of carbonyl (C=O) groups excluding carboxylic acids is 1. The van der Waals surface area contributed by atoms with Crippen molar-refractivity contribution in [3.8, 4) is 0 Å². The van der Waals surface area contributed by atoms with Gasteiger partial charge in [-0.05, 0) is 37.5 Å². The summed E-state index contributed by atoms with van der Waals surface area (Å²) in [5, 5.41) is 9.31. The Morgan fingerprint density at radius 2 is 1.68 bits per heavy atom. The number of aliphatic hydroxyl groups is 1. The third-order valence-electron chi connectivity index (χ3n) is 4.49. The number of hydrogen-bond acceptors (Lipinski definition) is 3. The topological polar surface area (TPSA) is 46.5 Å². The van der Waals surface area contributed by atoms with Gasteiger partial charge in [0.25, 0.3) is 5.60 Å². The molecule has 1 N–H and O–H groups in total. The summed E-state index contributed by atoms with van der Waals surface area (Å²) in [5.41, 5.74) is -4.71. The first-order valence-corrected chi connectivity index (χ1v) is 9.23. The molecule has 0 spiro atoms. The number of rotatable bonds is 6.